The van der Waals surface area contributed by atoms with E-state index in [1.165, 1.54) is 18.4 Å². The number of aliphatic hydroxyl groups is 1. The molecular weight excluding hydrogens is 388 g/mol. The summed E-state index contributed by atoms with van der Waals surface area (Å²) >= 11 is 0. The molecule has 0 spiro atoms. The number of hydrogen-bond acceptors (Lipinski definition) is 5. The van der Waals surface area contributed by atoms with Gasteiger partial charge in [0.1, 0.15) is 0 Å². The summed E-state index contributed by atoms with van der Waals surface area (Å²) in [6.45, 7) is 2.11. The lowest BCUT2D eigenvalue weighted by molar-refractivity contribution is -0.131. The smallest absolute Gasteiger partial charge is 0.227 e. The highest BCUT2D eigenvalue weighted by Gasteiger charge is 2.28. The van der Waals surface area contributed by atoms with E-state index in [1.54, 1.807) is 24.1 Å². The number of hydrogen-bond donors (Lipinski definition) is 1. The van der Waals surface area contributed by atoms with E-state index in [2.05, 4.69) is 4.90 Å². The van der Waals surface area contributed by atoms with Gasteiger partial charge in [0.15, 0.2) is 9.84 Å². The van der Waals surface area contributed by atoms with Crippen LogP contribution >= 0.6 is 0 Å². The van der Waals surface area contributed by atoms with Gasteiger partial charge in [0.05, 0.1) is 23.5 Å². The SMILES string of the molecule is CN(C(=O)Cc1ccc(S(C)(=O)=O)cc1)[C@H](CN1CC[C@H](O)C1)c1ccccc1. The highest BCUT2D eigenvalue weighted by Crippen LogP contribution is 2.24. The Kier molecular flexibility index (Phi) is 6.72. The van der Waals surface area contributed by atoms with Crippen molar-refractivity contribution in [3.8, 4) is 0 Å². The van der Waals surface area contributed by atoms with Gasteiger partial charge < -0.3 is 10.0 Å². The zero-order valence-corrected chi connectivity index (χ0v) is 17.7. The fraction of sp³-hybridized carbons (Fsp3) is 0.409. The summed E-state index contributed by atoms with van der Waals surface area (Å²) in [4.78, 5) is 17.2. The topological polar surface area (TPSA) is 77.9 Å². The molecule has 0 unspecified atom stereocenters. The predicted molar refractivity (Wildman–Crippen MR) is 112 cm³/mol. The van der Waals surface area contributed by atoms with E-state index in [0.717, 1.165) is 24.1 Å². The third-order valence-electron chi connectivity index (χ3n) is 5.43. The van der Waals surface area contributed by atoms with Crippen LogP contribution in [-0.2, 0) is 21.1 Å². The number of likely N-dealkylation sites (N-methyl/N-ethyl adjacent to an activating group) is 1. The number of aliphatic hydroxyl groups excluding tert-OH is 1. The van der Waals surface area contributed by atoms with Crippen molar-refractivity contribution in [3.05, 3.63) is 65.7 Å². The molecule has 1 N–H and O–H groups in total. The normalized spacial score (nSPS) is 18.5. The highest BCUT2D eigenvalue weighted by molar-refractivity contribution is 7.90. The summed E-state index contributed by atoms with van der Waals surface area (Å²) in [6, 6.07) is 16.2. The van der Waals surface area contributed by atoms with Crippen molar-refractivity contribution in [2.75, 3.05) is 32.9 Å². The highest BCUT2D eigenvalue weighted by atomic mass is 32.2. The van der Waals surface area contributed by atoms with Gasteiger partial charge >= 0.3 is 0 Å². The number of rotatable bonds is 7. The van der Waals surface area contributed by atoms with Gasteiger partial charge in [-0.1, -0.05) is 42.5 Å². The van der Waals surface area contributed by atoms with Crippen LogP contribution in [0, 0.1) is 0 Å². The van der Waals surface area contributed by atoms with Crippen molar-refractivity contribution in [2.45, 2.75) is 29.9 Å². The number of likely N-dealkylation sites (tertiary alicyclic amines) is 1. The van der Waals surface area contributed by atoms with Crippen LogP contribution in [-0.4, -0.2) is 68.3 Å². The van der Waals surface area contributed by atoms with Gasteiger partial charge in [-0.15, -0.1) is 0 Å². The lowest BCUT2D eigenvalue weighted by Crippen LogP contribution is -2.39. The van der Waals surface area contributed by atoms with Crippen molar-refractivity contribution in [1.29, 1.82) is 0 Å². The Bertz CT molecular complexity index is 929. The number of nitrogens with zero attached hydrogens (tertiary/aromatic N) is 2. The molecule has 156 valence electrons. The van der Waals surface area contributed by atoms with E-state index in [9.17, 15) is 18.3 Å². The molecule has 7 heteroatoms. The van der Waals surface area contributed by atoms with Crippen LogP contribution in [0.5, 0.6) is 0 Å². The number of amides is 1. The Morgan fingerprint density at radius 2 is 1.83 bits per heavy atom. The second-order valence-corrected chi connectivity index (χ2v) is 9.74. The molecule has 2 atom stereocenters. The summed E-state index contributed by atoms with van der Waals surface area (Å²) in [6.07, 6.45) is 1.82. The van der Waals surface area contributed by atoms with E-state index in [-0.39, 0.29) is 29.4 Å². The number of sulfone groups is 1. The fourth-order valence-corrected chi connectivity index (χ4v) is 4.31. The zero-order chi connectivity index (χ0) is 21.0. The van der Waals surface area contributed by atoms with Gasteiger partial charge in [-0.25, -0.2) is 8.42 Å². The first kappa shape index (κ1) is 21.5. The van der Waals surface area contributed by atoms with Gasteiger partial charge in [-0.05, 0) is 29.7 Å². The van der Waals surface area contributed by atoms with Crippen LogP contribution in [0.25, 0.3) is 0 Å². The van der Waals surface area contributed by atoms with Crippen LogP contribution < -0.4 is 0 Å². The van der Waals surface area contributed by atoms with Gasteiger partial charge in [0.2, 0.25) is 5.91 Å². The quantitative estimate of drug-likeness (QED) is 0.746. The second kappa shape index (κ2) is 9.07. The molecule has 1 heterocycles. The third kappa shape index (κ3) is 5.65. The molecule has 3 rings (SSSR count). The first-order valence-corrected chi connectivity index (χ1v) is 11.6. The van der Waals surface area contributed by atoms with Crippen molar-refractivity contribution in [2.24, 2.45) is 0 Å². The average molecular weight is 417 g/mol. The van der Waals surface area contributed by atoms with Crippen LogP contribution in [0.2, 0.25) is 0 Å². The maximum Gasteiger partial charge on any atom is 0.227 e. The predicted octanol–water partition coefficient (Wildman–Crippen LogP) is 1.90. The van der Waals surface area contributed by atoms with Crippen molar-refractivity contribution >= 4 is 15.7 Å². The Labute approximate surface area is 172 Å². The second-order valence-electron chi connectivity index (χ2n) is 7.73. The van der Waals surface area contributed by atoms with E-state index < -0.39 is 9.84 Å². The lowest BCUT2D eigenvalue weighted by Gasteiger charge is -2.32. The Morgan fingerprint density at radius 1 is 1.17 bits per heavy atom. The van der Waals surface area contributed by atoms with Crippen molar-refractivity contribution in [1.82, 2.24) is 9.80 Å². The molecule has 0 bridgehead atoms. The average Bonchev–Trinajstić information content (AvgIpc) is 3.11. The maximum absolute atomic E-state index is 13.0. The van der Waals surface area contributed by atoms with Crippen LogP contribution in [0.3, 0.4) is 0 Å². The Hall–Kier alpha value is -2.22. The maximum atomic E-state index is 13.0. The molecule has 1 aliphatic rings. The van der Waals surface area contributed by atoms with E-state index in [1.807, 2.05) is 30.3 Å². The molecule has 0 aliphatic carbocycles. The largest absolute Gasteiger partial charge is 0.392 e. The molecule has 2 aromatic carbocycles. The summed E-state index contributed by atoms with van der Waals surface area (Å²) in [5.41, 5.74) is 1.83. The minimum atomic E-state index is -3.25. The molecular formula is C22H28N2O4S. The molecule has 1 amide bonds. The van der Waals surface area contributed by atoms with E-state index in [4.69, 9.17) is 0 Å². The Balaban J connectivity index is 1.74. The minimum absolute atomic E-state index is 0.0364. The zero-order valence-electron chi connectivity index (χ0n) is 16.9. The van der Waals surface area contributed by atoms with Gasteiger partial charge in [-0.2, -0.15) is 0 Å². The lowest BCUT2D eigenvalue weighted by atomic mass is 10.0. The van der Waals surface area contributed by atoms with E-state index >= 15 is 0 Å². The van der Waals surface area contributed by atoms with Crippen LogP contribution in [0.1, 0.15) is 23.6 Å². The molecule has 2 aromatic rings. The van der Waals surface area contributed by atoms with Gasteiger partial charge in [0.25, 0.3) is 0 Å². The van der Waals surface area contributed by atoms with Crippen molar-refractivity contribution in [3.63, 3.8) is 0 Å². The van der Waals surface area contributed by atoms with E-state index in [0.29, 0.717) is 13.1 Å². The van der Waals surface area contributed by atoms with Crippen molar-refractivity contribution < 1.29 is 18.3 Å². The first-order chi connectivity index (χ1) is 13.7. The Morgan fingerprint density at radius 3 is 2.38 bits per heavy atom. The molecule has 0 saturated carbocycles. The number of carbonyl (C=O) groups is 1. The van der Waals surface area contributed by atoms with Gasteiger partial charge in [-0.3, -0.25) is 9.69 Å². The molecule has 1 aliphatic heterocycles. The molecule has 1 saturated heterocycles. The summed E-state index contributed by atoms with van der Waals surface area (Å²) in [5.74, 6) is -0.0364. The number of carbonyl (C=O) groups excluding carboxylic acids is 1. The standard InChI is InChI=1S/C22H28N2O4S/c1-23(22(26)14-17-8-10-20(11-9-17)29(2,27)28)21(18-6-4-3-5-7-18)16-24-13-12-19(25)15-24/h3-11,19,21,25H,12-16H2,1-2H3/t19-,21+/m0/s1. The molecule has 0 radical (unpaired) electrons. The molecule has 0 aromatic heterocycles. The molecule has 29 heavy (non-hydrogen) atoms. The number of β-amino-alcohol motifs (C(OH)–C–C–N with tert-alkyl or cyclic N) is 1. The summed E-state index contributed by atoms with van der Waals surface area (Å²) < 4.78 is 23.2. The molecule has 6 nitrogen and oxygen atoms in total. The summed E-state index contributed by atoms with van der Waals surface area (Å²) in [7, 11) is -1.45. The minimum Gasteiger partial charge on any atom is -0.392 e. The monoisotopic (exact) mass is 416 g/mol. The van der Waals surface area contributed by atoms with Crippen LogP contribution in [0.4, 0.5) is 0 Å². The van der Waals surface area contributed by atoms with Gasteiger partial charge in [0, 0.05) is 32.9 Å². The third-order valence-corrected chi connectivity index (χ3v) is 6.56. The fourth-order valence-electron chi connectivity index (χ4n) is 3.68. The molecule has 1 fully saturated rings. The first-order valence-electron chi connectivity index (χ1n) is 9.74. The number of benzene rings is 2. The summed E-state index contributed by atoms with van der Waals surface area (Å²) in [5, 5.41) is 9.84. The van der Waals surface area contributed by atoms with Crippen LogP contribution in [0.15, 0.2) is 59.5 Å².